The van der Waals surface area contributed by atoms with Crippen molar-refractivity contribution in [1.82, 2.24) is 14.5 Å². The summed E-state index contributed by atoms with van der Waals surface area (Å²) in [6.45, 7) is 1.98. The Morgan fingerprint density at radius 2 is 1.95 bits per heavy atom. The number of aromatic amines is 1. The first kappa shape index (κ1) is 12.7. The smallest absolute Gasteiger partial charge is 0.184 e. The molecule has 0 saturated heterocycles. The lowest BCUT2D eigenvalue weighted by atomic mass is 10.3. The van der Waals surface area contributed by atoms with Gasteiger partial charge < -0.3 is 4.98 Å². The Morgan fingerprint density at radius 1 is 1.26 bits per heavy atom. The number of para-hydroxylation sites is 1. The van der Waals surface area contributed by atoms with Crippen molar-refractivity contribution < 1.29 is 0 Å². The summed E-state index contributed by atoms with van der Waals surface area (Å²) in [6, 6.07) is 7.33. The molecule has 3 nitrogen and oxygen atoms in total. The van der Waals surface area contributed by atoms with Gasteiger partial charge in [-0.1, -0.05) is 29.3 Å². The summed E-state index contributed by atoms with van der Waals surface area (Å²) in [5.74, 6) is 0. The molecule has 0 aliphatic heterocycles. The van der Waals surface area contributed by atoms with Crippen molar-refractivity contribution in [3.63, 3.8) is 0 Å². The molecule has 0 bridgehead atoms. The van der Waals surface area contributed by atoms with E-state index in [1.807, 2.05) is 13.0 Å². The number of hydrogen-bond acceptors (Lipinski definition) is 2. The van der Waals surface area contributed by atoms with Crippen LogP contribution in [0.5, 0.6) is 0 Å². The molecule has 1 aromatic carbocycles. The third-order valence-corrected chi connectivity index (χ3v) is 3.72. The molecular formula is C13H9Cl2N3S. The maximum Gasteiger partial charge on any atom is 0.184 e. The van der Waals surface area contributed by atoms with Gasteiger partial charge in [0.15, 0.2) is 10.4 Å². The van der Waals surface area contributed by atoms with Crippen molar-refractivity contribution in [3.05, 3.63) is 50.8 Å². The van der Waals surface area contributed by atoms with Crippen molar-refractivity contribution in [2.45, 2.75) is 6.92 Å². The minimum Gasteiger partial charge on any atom is -0.329 e. The monoisotopic (exact) mass is 309 g/mol. The van der Waals surface area contributed by atoms with Crippen molar-refractivity contribution in [2.75, 3.05) is 0 Å². The predicted molar refractivity (Wildman–Crippen MR) is 81.0 cm³/mol. The lowest BCUT2D eigenvalue weighted by Gasteiger charge is -2.08. The van der Waals surface area contributed by atoms with Gasteiger partial charge in [0.1, 0.15) is 0 Å². The standard InChI is InChI=1S/C13H9Cl2N3S/c1-7-5-10-12(16-6-7)18(13(19)17-10)11-8(14)3-2-4-9(11)15/h2-6H,1H3,(H,17,19). The van der Waals surface area contributed by atoms with E-state index in [9.17, 15) is 0 Å². The number of benzene rings is 1. The summed E-state index contributed by atoms with van der Waals surface area (Å²) in [4.78, 5) is 7.53. The van der Waals surface area contributed by atoms with Gasteiger partial charge in [-0.3, -0.25) is 4.57 Å². The molecule has 2 aromatic heterocycles. The summed E-state index contributed by atoms with van der Waals surface area (Å²) in [5, 5.41) is 1.07. The second kappa shape index (κ2) is 4.63. The molecule has 2 heterocycles. The van der Waals surface area contributed by atoms with Gasteiger partial charge in [0, 0.05) is 6.20 Å². The van der Waals surface area contributed by atoms with E-state index in [0.29, 0.717) is 26.2 Å². The van der Waals surface area contributed by atoms with E-state index in [1.54, 1.807) is 29.0 Å². The fourth-order valence-corrected chi connectivity index (χ4v) is 2.86. The second-order valence-corrected chi connectivity index (χ2v) is 5.42. The number of H-pyrrole nitrogens is 1. The number of hydrogen-bond donors (Lipinski definition) is 1. The van der Waals surface area contributed by atoms with Crippen LogP contribution >= 0.6 is 35.4 Å². The summed E-state index contributed by atoms with van der Waals surface area (Å²) < 4.78 is 2.28. The van der Waals surface area contributed by atoms with Crippen LogP contribution in [-0.2, 0) is 0 Å². The van der Waals surface area contributed by atoms with Gasteiger partial charge >= 0.3 is 0 Å². The highest BCUT2D eigenvalue weighted by Crippen LogP contribution is 2.30. The van der Waals surface area contributed by atoms with Crippen LogP contribution < -0.4 is 0 Å². The van der Waals surface area contributed by atoms with Crippen LogP contribution in [0.2, 0.25) is 10.0 Å². The molecule has 0 fully saturated rings. The molecule has 0 radical (unpaired) electrons. The molecule has 0 amide bonds. The van der Waals surface area contributed by atoms with Crippen LogP contribution in [0, 0.1) is 11.7 Å². The average molecular weight is 310 g/mol. The molecule has 0 spiro atoms. The van der Waals surface area contributed by atoms with Crippen LogP contribution in [0.4, 0.5) is 0 Å². The van der Waals surface area contributed by atoms with Crippen LogP contribution in [-0.4, -0.2) is 14.5 Å². The zero-order valence-electron chi connectivity index (χ0n) is 9.95. The highest BCUT2D eigenvalue weighted by molar-refractivity contribution is 7.71. The molecule has 6 heteroatoms. The van der Waals surface area contributed by atoms with Gasteiger partial charge in [0.2, 0.25) is 0 Å². The molecule has 0 aliphatic carbocycles. The fraction of sp³-hybridized carbons (Fsp3) is 0.0769. The molecule has 0 atom stereocenters. The normalized spacial score (nSPS) is 11.1. The lowest BCUT2D eigenvalue weighted by Crippen LogP contribution is -1.97. The third kappa shape index (κ3) is 2.06. The maximum absolute atomic E-state index is 6.23. The first-order valence-electron chi connectivity index (χ1n) is 5.59. The van der Waals surface area contributed by atoms with E-state index >= 15 is 0 Å². The first-order valence-corrected chi connectivity index (χ1v) is 6.76. The number of aryl methyl sites for hydroxylation is 1. The van der Waals surface area contributed by atoms with Gasteiger partial charge in [0.05, 0.1) is 21.2 Å². The highest BCUT2D eigenvalue weighted by Gasteiger charge is 2.13. The average Bonchev–Trinajstić information content (AvgIpc) is 2.65. The zero-order chi connectivity index (χ0) is 13.6. The molecule has 0 saturated carbocycles. The van der Waals surface area contributed by atoms with E-state index in [2.05, 4.69) is 9.97 Å². The number of pyridine rings is 1. The zero-order valence-corrected chi connectivity index (χ0v) is 12.3. The molecule has 1 N–H and O–H groups in total. The van der Waals surface area contributed by atoms with Crippen LogP contribution in [0.1, 0.15) is 5.56 Å². The third-order valence-electron chi connectivity index (χ3n) is 2.82. The van der Waals surface area contributed by atoms with Crippen LogP contribution in [0.25, 0.3) is 16.9 Å². The Balaban J connectivity index is 2.43. The minimum atomic E-state index is 0.517. The number of halogens is 2. The maximum atomic E-state index is 6.23. The Labute approximate surface area is 124 Å². The molecular weight excluding hydrogens is 301 g/mol. The summed E-state index contributed by atoms with van der Waals surface area (Å²) in [5.41, 5.74) is 3.28. The van der Waals surface area contributed by atoms with E-state index in [0.717, 1.165) is 11.1 Å². The predicted octanol–water partition coefficient (Wildman–Crippen LogP) is 4.70. The summed E-state index contributed by atoms with van der Waals surface area (Å²) >= 11 is 17.8. The van der Waals surface area contributed by atoms with Crippen molar-refractivity contribution in [1.29, 1.82) is 0 Å². The Hall–Kier alpha value is -1.36. The fourth-order valence-electron chi connectivity index (χ4n) is 2.01. The highest BCUT2D eigenvalue weighted by atomic mass is 35.5. The lowest BCUT2D eigenvalue weighted by molar-refractivity contribution is 1.04. The van der Waals surface area contributed by atoms with Gasteiger partial charge in [-0.15, -0.1) is 0 Å². The Morgan fingerprint density at radius 3 is 2.63 bits per heavy atom. The van der Waals surface area contributed by atoms with Crippen LogP contribution in [0.3, 0.4) is 0 Å². The summed E-state index contributed by atoms with van der Waals surface area (Å²) in [6.07, 6.45) is 1.78. The molecule has 0 unspecified atom stereocenters. The van der Waals surface area contributed by atoms with Crippen molar-refractivity contribution in [2.24, 2.45) is 0 Å². The number of aromatic nitrogens is 3. The number of nitrogens with one attached hydrogen (secondary N) is 1. The quantitative estimate of drug-likeness (QED) is 0.661. The van der Waals surface area contributed by atoms with Gasteiger partial charge in [-0.05, 0) is 42.9 Å². The topological polar surface area (TPSA) is 33.6 Å². The van der Waals surface area contributed by atoms with Crippen LogP contribution in [0.15, 0.2) is 30.5 Å². The van der Waals surface area contributed by atoms with E-state index in [1.165, 1.54) is 0 Å². The second-order valence-electron chi connectivity index (χ2n) is 4.22. The molecule has 3 rings (SSSR count). The molecule has 19 heavy (non-hydrogen) atoms. The number of nitrogens with zero attached hydrogens (tertiary/aromatic N) is 2. The van der Waals surface area contributed by atoms with Crippen molar-refractivity contribution >= 4 is 46.6 Å². The van der Waals surface area contributed by atoms with Gasteiger partial charge in [0.25, 0.3) is 0 Å². The number of fused-ring (bicyclic) bond motifs is 1. The number of imidazole rings is 1. The SMILES string of the molecule is Cc1cnc2c(c1)[nH]c(=S)n2-c1c(Cl)cccc1Cl. The Kier molecular flexibility index (Phi) is 3.09. The van der Waals surface area contributed by atoms with Gasteiger partial charge in [-0.2, -0.15) is 0 Å². The minimum absolute atomic E-state index is 0.517. The molecule has 0 aliphatic rings. The molecule has 96 valence electrons. The van der Waals surface area contributed by atoms with E-state index in [4.69, 9.17) is 35.4 Å². The van der Waals surface area contributed by atoms with Gasteiger partial charge in [-0.25, -0.2) is 4.98 Å². The number of rotatable bonds is 1. The largest absolute Gasteiger partial charge is 0.329 e. The molecule has 3 aromatic rings. The van der Waals surface area contributed by atoms with Crippen molar-refractivity contribution in [3.8, 4) is 5.69 Å². The van der Waals surface area contributed by atoms with E-state index < -0.39 is 0 Å². The Bertz CT molecular complexity index is 815. The van der Waals surface area contributed by atoms with E-state index in [-0.39, 0.29) is 0 Å². The first-order chi connectivity index (χ1) is 9.08. The summed E-state index contributed by atoms with van der Waals surface area (Å²) in [7, 11) is 0.